The van der Waals surface area contributed by atoms with E-state index in [4.69, 9.17) is 5.73 Å². The van der Waals surface area contributed by atoms with E-state index in [0.717, 1.165) is 0 Å². The smallest absolute Gasteiger partial charge is 0.330 e. The summed E-state index contributed by atoms with van der Waals surface area (Å²) in [6, 6.07) is 0. The normalized spacial score (nSPS) is 14.1. The molecule has 4 N–H and O–H groups in total. The van der Waals surface area contributed by atoms with Crippen molar-refractivity contribution in [1.29, 1.82) is 0 Å². The van der Waals surface area contributed by atoms with Crippen LogP contribution in [0.15, 0.2) is 9.59 Å². The second-order valence-corrected chi connectivity index (χ2v) is 7.35. The first kappa shape index (κ1) is 17.5. The lowest BCUT2D eigenvalue weighted by Gasteiger charge is -2.16. The third-order valence-corrected chi connectivity index (χ3v) is 4.58. The highest BCUT2D eigenvalue weighted by Crippen LogP contribution is 2.12. The molecule has 0 aliphatic carbocycles. The molecule has 0 aromatic carbocycles. The van der Waals surface area contributed by atoms with Crippen LogP contribution < -0.4 is 22.3 Å². The molecule has 0 spiro atoms. The van der Waals surface area contributed by atoms with Crippen LogP contribution in [0, 0.1) is 5.92 Å². The fourth-order valence-electron chi connectivity index (χ4n) is 1.87. The molecule has 0 bridgehead atoms. The number of nitrogen functional groups attached to an aromatic ring is 1. The Morgan fingerprint density at radius 3 is 2.48 bits per heavy atom. The minimum Gasteiger partial charge on any atom is -0.383 e. The summed E-state index contributed by atoms with van der Waals surface area (Å²) in [5.74, 6) is 0.369. The number of aromatic nitrogens is 2. The molecule has 2 atom stereocenters. The van der Waals surface area contributed by atoms with E-state index in [0.29, 0.717) is 19.5 Å². The van der Waals surface area contributed by atoms with Gasteiger partial charge in [-0.05, 0) is 12.3 Å². The zero-order chi connectivity index (χ0) is 16.2. The Kier molecular flexibility index (Phi) is 6.19. The SMILES string of the molecule is CC(C)Cn1c(N)c(NCCC(C)S(C)=O)c(=O)[nH]c1=O. The van der Waals surface area contributed by atoms with Gasteiger partial charge in [0, 0.05) is 35.4 Å². The summed E-state index contributed by atoms with van der Waals surface area (Å²) in [4.78, 5) is 25.9. The molecule has 0 saturated carbocycles. The minimum atomic E-state index is -0.907. The molecule has 1 aromatic rings. The second kappa shape index (κ2) is 7.44. The van der Waals surface area contributed by atoms with E-state index in [2.05, 4.69) is 10.3 Å². The first-order valence-electron chi connectivity index (χ1n) is 6.92. The third-order valence-electron chi connectivity index (χ3n) is 3.21. The summed E-state index contributed by atoms with van der Waals surface area (Å²) < 4.78 is 12.6. The number of H-pyrrole nitrogens is 1. The van der Waals surface area contributed by atoms with E-state index in [-0.39, 0.29) is 22.7 Å². The van der Waals surface area contributed by atoms with Gasteiger partial charge in [0.2, 0.25) is 0 Å². The number of anilines is 2. The second-order valence-electron chi connectivity index (χ2n) is 5.55. The van der Waals surface area contributed by atoms with Gasteiger partial charge < -0.3 is 11.1 Å². The topological polar surface area (TPSA) is 110 Å². The van der Waals surface area contributed by atoms with Crippen molar-refractivity contribution in [2.45, 2.75) is 39.0 Å². The number of nitrogens with one attached hydrogen (secondary N) is 2. The van der Waals surface area contributed by atoms with E-state index in [1.807, 2.05) is 20.8 Å². The van der Waals surface area contributed by atoms with Crippen molar-refractivity contribution in [2.75, 3.05) is 23.9 Å². The zero-order valence-electron chi connectivity index (χ0n) is 12.9. The molecule has 0 fully saturated rings. The van der Waals surface area contributed by atoms with Gasteiger partial charge in [0.05, 0.1) is 0 Å². The van der Waals surface area contributed by atoms with Crippen LogP contribution in [0.4, 0.5) is 11.5 Å². The first-order valence-corrected chi connectivity index (χ1v) is 8.54. The number of aromatic amines is 1. The summed E-state index contributed by atoms with van der Waals surface area (Å²) in [6.45, 7) is 6.70. The molecule has 0 aliphatic heterocycles. The predicted octanol–water partition coefficient (Wildman–Crippen LogP) is 0.344. The van der Waals surface area contributed by atoms with Gasteiger partial charge in [-0.2, -0.15) is 0 Å². The van der Waals surface area contributed by atoms with Crippen molar-refractivity contribution in [3.8, 4) is 0 Å². The Labute approximate surface area is 126 Å². The molecule has 0 saturated heterocycles. The number of rotatable bonds is 7. The van der Waals surface area contributed by atoms with Gasteiger partial charge >= 0.3 is 5.69 Å². The van der Waals surface area contributed by atoms with Gasteiger partial charge in [0.15, 0.2) is 0 Å². The summed E-state index contributed by atoms with van der Waals surface area (Å²) >= 11 is 0. The predicted molar refractivity (Wildman–Crippen MR) is 87.2 cm³/mol. The Hall–Kier alpha value is -1.57. The highest BCUT2D eigenvalue weighted by atomic mass is 32.2. The van der Waals surface area contributed by atoms with Gasteiger partial charge in [-0.1, -0.05) is 20.8 Å². The van der Waals surface area contributed by atoms with E-state index in [9.17, 15) is 13.8 Å². The summed E-state index contributed by atoms with van der Waals surface area (Å²) in [6.07, 6.45) is 2.29. The van der Waals surface area contributed by atoms with E-state index in [1.54, 1.807) is 6.26 Å². The lowest BCUT2D eigenvalue weighted by Crippen LogP contribution is -2.35. The molecule has 1 aromatic heterocycles. The van der Waals surface area contributed by atoms with Crippen LogP contribution in [-0.4, -0.2) is 31.8 Å². The van der Waals surface area contributed by atoms with Crippen molar-refractivity contribution in [3.63, 3.8) is 0 Å². The van der Waals surface area contributed by atoms with Gasteiger partial charge in [-0.25, -0.2) is 4.79 Å². The fourth-order valence-corrected chi connectivity index (χ4v) is 2.32. The molecule has 2 unspecified atom stereocenters. The number of nitrogens with two attached hydrogens (primary N) is 1. The van der Waals surface area contributed by atoms with Crippen molar-refractivity contribution >= 4 is 22.3 Å². The largest absolute Gasteiger partial charge is 0.383 e. The van der Waals surface area contributed by atoms with Crippen LogP contribution in [0.3, 0.4) is 0 Å². The van der Waals surface area contributed by atoms with Crippen molar-refractivity contribution in [3.05, 3.63) is 20.8 Å². The Morgan fingerprint density at radius 1 is 1.33 bits per heavy atom. The summed E-state index contributed by atoms with van der Waals surface area (Å²) in [5.41, 5.74) is 5.10. The van der Waals surface area contributed by atoms with Crippen molar-refractivity contribution < 1.29 is 4.21 Å². The molecule has 0 amide bonds. The fraction of sp³-hybridized carbons (Fsp3) is 0.692. The van der Waals surface area contributed by atoms with Crippen LogP contribution in [0.5, 0.6) is 0 Å². The van der Waals surface area contributed by atoms with Crippen molar-refractivity contribution in [1.82, 2.24) is 9.55 Å². The molecule has 0 radical (unpaired) electrons. The number of hydrogen-bond acceptors (Lipinski definition) is 5. The monoisotopic (exact) mass is 316 g/mol. The first-order chi connectivity index (χ1) is 9.73. The molecule has 7 nitrogen and oxygen atoms in total. The van der Waals surface area contributed by atoms with E-state index >= 15 is 0 Å². The average Bonchev–Trinajstić information content (AvgIpc) is 2.37. The highest BCUT2D eigenvalue weighted by Gasteiger charge is 2.13. The molecule has 0 aliphatic rings. The standard InChI is InChI=1S/C13H24N4O3S/c1-8(2)7-17-11(14)10(12(18)16-13(17)19)15-6-5-9(3)21(4)20/h8-9,15H,5-7,14H2,1-4H3,(H,16,18,19). The third kappa shape index (κ3) is 4.73. The van der Waals surface area contributed by atoms with Gasteiger partial charge in [0.1, 0.15) is 11.5 Å². The molecule has 120 valence electrons. The summed E-state index contributed by atoms with van der Waals surface area (Å²) in [7, 11) is -0.907. The minimum absolute atomic E-state index is 0.0272. The van der Waals surface area contributed by atoms with E-state index < -0.39 is 22.0 Å². The number of nitrogens with zero attached hydrogens (tertiary/aromatic N) is 1. The van der Waals surface area contributed by atoms with Crippen LogP contribution in [0.2, 0.25) is 0 Å². The van der Waals surface area contributed by atoms with Gasteiger partial charge in [-0.15, -0.1) is 0 Å². The maximum Gasteiger partial charge on any atom is 0.330 e. The molecular weight excluding hydrogens is 292 g/mol. The summed E-state index contributed by atoms with van der Waals surface area (Å²) in [5, 5.41) is 2.97. The average molecular weight is 316 g/mol. The molecule has 1 heterocycles. The molecule has 21 heavy (non-hydrogen) atoms. The molecule has 8 heteroatoms. The zero-order valence-corrected chi connectivity index (χ0v) is 13.8. The van der Waals surface area contributed by atoms with Crippen molar-refractivity contribution in [2.24, 2.45) is 5.92 Å². The Morgan fingerprint density at radius 2 is 1.95 bits per heavy atom. The van der Waals surface area contributed by atoms with Gasteiger partial charge in [0.25, 0.3) is 5.56 Å². The van der Waals surface area contributed by atoms with Crippen LogP contribution in [0.1, 0.15) is 27.2 Å². The van der Waals surface area contributed by atoms with E-state index in [1.165, 1.54) is 4.57 Å². The Balaban J connectivity index is 2.94. The Bertz CT molecular complexity index is 621. The van der Waals surface area contributed by atoms with Gasteiger partial charge in [-0.3, -0.25) is 18.6 Å². The molecule has 1 rings (SSSR count). The lowest BCUT2D eigenvalue weighted by molar-refractivity contribution is 0.508. The molecular formula is C13H24N4O3S. The lowest BCUT2D eigenvalue weighted by atomic mass is 10.2. The van der Waals surface area contributed by atoms with Crippen LogP contribution >= 0.6 is 0 Å². The highest BCUT2D eigenvalue weighted by molar-refractivity contribution is 7.84. The number of hydrogen-bond donors (Lipinski definition) is 3. The maximum atomic E-state index is 11.8. The quantitative estimate of drug-likeness (QED) is 0.672. The maximum absolute atomic E-state index is 11.8. The van der Waals surface area contributed by atoms with Crippen LogP contribution in [-0.2, 0) is 17.3 Å². The van der Waals surface area contributed by atoms with Crippen LogP contribution in [0.25, 0.3) is 0 Å².